The van der Waals surface area contributed by atoms with Crippen molar-refractivity contribution in [2.24, 2.45) is 0 Å². The van der Waals surface area contributed by atoms with Crippen LogP contribution in [0.5, 0.6) is 0 Å². The predicted molar refractivity (Wildman–Crippen MR) is 92.5 cm³/mol. The molecule has 6 heteroatoms. The van der Waals surface area contributed by atoms with E-state index in [2.05, 4.69) is 4.98 Å². The molecule has 1 aromatic carbocycles. The van der Waals surface area contributed by atoms with Gasteiger partial charge in [0.15, 0.2) is 5.54 Å². The van der Waals surface area contributed by atoms with Crippen LogP contribution in [0.4, 0.5) is 4.39 Å². The third-order valence-electron chi connectivity index (χ3n) is 5.89. The first-order chi connectivity index (χ1) is 11.9. The number of rotatable bonds is 2. The number of H-pyrrole nitrogens is 1. The van der Waals surface area contributed by atoms with E-state index in [1.807, 2.05) is 20.8 Å². The summed E-state index contributed by atoms with van der Waals surface area (Å²) in [6.07, 6.45) is 1.41. The molecule has 25 heavy (non-hydrogen) atoms. The molecule has 0 unspecified atom stereocenters. The number of aromatic amines is 1. The van der Waals surface area contributed by atoms with Crippen LogP contribution in [0.15, 0.2) is 18.2 Å². The molecule has 0 radical (unpaired) electrons. The van der Waals surface area contributed by atoms with Crippen LogP contribution in [0.2, 0.25) is 0 Å². The van der Waals surface area contributed by atoms with Crippen molar-refractivity contribution in [3.05, 3.63) is 35.3 Å². The second kappa shape index (κ2) is 5.31. The largest absolute Gasteiger partial charge is 0.356 e. The van der Waals surface area contributed by atoms with Crippen LogP contribution in [0, 0.1) is 5.82 Å². The highest BCUT2D eigenvalue weighted by molar-refractivity contribution is 6.00. The van der Waals surface area contributed by atoms with Gasteiger partial charge in [0.1, 0.15) is 12.4 Å². The fourth-order valence-electron chi connectivity index (χ4n) is 4.23. The minimum atomic E-state index is -1.05. The topological polar surface area (TPSA) is 56.4 Å². The number of carbonyl (C=O) groups is 2. The van der Waals surface area contributed by atoms with Gasteiger partial charge in [-0.2, -0.15) is 0 Å². The number of amides is 2. The van der Waals surface area contributed by atoms with E-state index >= 15 is 0 Å². The van der Waals surface area contributed by atoms with Crippen molar-refractivity contribution in [1.29, 1.82) is 0 Å². The number of hydrogen-bond donors (Lipinski definition) is 1. The summed E-state index contributed by atoms with van der Waals surface area (Å²) in [7, 11) is 0. The molecule has 2 aliphatic heterocycles. The number of nitrogens with one attached hydrogen (secondary N) is 1. The van der Waals surface area contributed by atoms with Crippen molar-refractivity contribution in [3.8, 4) is 0 Å². The fourth-order valence-corrected chi connectivity index (χ4v) is 4.23. The second-order valence-corrected chi connectivity index (χ2v) is 7.23. The van der Waals surface area contributed by atoms with Gasteiger partial charge >= 0.3 is 0 Å². The van der Waals surface area contributed by atoms with Gasteiger partial charge in [-0.1, -0.05) is 6.92 Å². The Balaban J connectivity index is 1.92. The van der Waals surface area contributed by atoms with Crippen LogP contribution in [0.25, 0.3) is 10.9 Å². The fraction of sp³-hybridized carbons (Fsp3) is 0.474. The molecule has 0 aliphatic carbocycles. The lowest BCUT2D eigenvalue weighted by Crippen LogP contribution is -2.68. The van der Waals surface area contributed by atoms with E-state index in [0.29, 0.717) is 13.0 Å². The van der Waals surface area contributed by atoms with E-state index in [-0.39, 0.29) is 30.2 Å². The molecular weight excluding hydrogens is 321 g/mol. The van der Waals surface area contributed by atoms with Gasteiger partial charge in [0, 0.05) is 23.5 Å². The molecule has 2 aromatic rings. The van der Waals surface area contributed by atoms with Gasteiger partial charge < -0.3 is 14.8 Å². The molecule has 3 heterocycles. The molecule has 1 aromatic heterocycles. The molecule has 4 rings (SSSR count). The van der Waals surface area contributed by atoms with E-state index in [9.17, 15) is 14.0 Å². The Bertz CT molecular complexity index is 890. The Hall–Kier alpha value is -2.37. The number of carbonyl (C=O) groups excluding carboxylic acids is 2. The van der Waals surface area contributed by atoms with Crippen LogP contribution in [-0.2, 0) is 21.5 Å². The van der Waals surface area contributed by atoms with Crippen LogP contribution >= 0.6 is 0 Å². The number of hydrogen-bond acceptors (Lipinski definition) is 2. The smallest absolute Gasteiger partial charge is 0.255 e. The minimum absolute atomic E-state index is 0.00243. The highest BCUT2D eigenvalue weighted by atomic mass is 19.1. The van der Waals surface area contributed by atoms with Crippen molar-refractivity contribution >= 4 is 22.7 Å². The molecule has 0 saturated carbocycles. The zero-order valence-corrected chi connectivity index (χ0v) is 14.7. The Morgan fingerprint density at radius 1 is 1.36 bits per heavy atom. The van der Waals surface area contributed by atoms with Crippen LogP contribution in [-0.4, -0.2) is 45.7 Å². The van der Waals surface area contributed by atoms with Crippen LogP contribution in [0.1, 0.15) is 38.4 Å². The summed E-state index contributed by atoms with van der Waals surface area (Å²) >= 11 is 0. The van der Waals surface area contributed by atoms with Crippen LogP contribution < -0.4 is 0 Å². The van der Waals surface area contributed by atoms with E-state index < -0.39 is 5.54 Å². The molecule has 1 fully saturated rings. The maximum atomic E-state index is 13.7. The molecular formula is C19H22FN3O2. The van der Waals surface area contributed by atoms with E-state index in [0.717, 1.165) is 28.6 Å². The van der Waals surface area contributed by atoms with Crippen molar-refractivity contribution < 1.29 is 14.0 Å². The molecule has 1 N–H and O–H groups in total. The summed E-state index contributed by atoms with van der Waals surface area (Å²) in [4.78, 5) is 32.8. The molecule has 0 spiro atoms. The first-order valence-corrected chi connectivity index (χ1v) is 8.80. The summed E-state index contributed by atoms with van der Waals surface area (Å²) in [5, 5.41) is 0.803. The Morgan fingerprint density at radius 3 is 2.84 bits per heavy atom. The Kier molecular flexibility index (Phi) is 3.42. The average Bonchev–Trinajstić information content (AvgIpc) is 2.96. The number of fused-ring (bicyclic) bond motifs is 5. The summed E-state index contributed by atoms with van der Waals surface area (Å²) < 4.78 is 13.7. The summed E-state index contributed by atoms with van der Waals surface area (Å²) in [6, 6.07) is 4.61. The highest BCUT2D eigenvalue weighted by Crippen LogP contribution is 2.42. The molecule has 1 saturated heterocycles. The summed E-state index contributed by atoms with van der Waals surface area (Å²) in [6.45, 7) is 6.40. The first-order valence-electron chi connectivity index (χ1n) is 8.80. The van der Waals surface area contributed by atoms with Gasteiger partial charge in [-0.05, 0) is 50.5 Å². The molecule has 2 amide bonds. The van der Waals surface area contributed by atoms with E-state index in [1.165, 1.54) is 12.1 Å². The molecule has 2 atom stereocenters. The van der Waals surface area contributed by atoms with E-state index in [1.54, 1.807) is 15.9 Å². The van der Waals surface area contributed by atoms with Crippen molar-refractivity contribution in [1.82, 2.24) is 14.8 Å². The van der Waals surface area contributed by atoms with Crippen molar-refractivity contribution in [2.75, 3.05) is 13.1 Å². The molecule has 0 bridgehead atoms. The van der Waals surface area contributed by atoms with Crippen molar-refractivity contribution in [2.45, 2.75) is 45.2 Å². The van der Waals surface area contributed by atoms with Gasteiger partial charge in [0.2, 0.25) is 5.91 Å². The standard InChI is InChI=1S/C19H22FN3O2/c1-4-11(2)22-10-16(24)23-8-7-13-14-9-12(20)5-6-15(14)21-17(13)19(23,3)18(22)25/h5-6,9,11,21H,4,7-8,10H2,1-3H3/t11-,19-/m1/s1. The van der Waals surface area contributed by atoms with E-state index in [4.69, 9.17) is 0 Å². The van der Waals surface area contributed by atoms with Gasteiger partial charge in [0.25, 0.3) is 5.91 Å². The zero-order chi connectivity index (χ0) is 17.9. The normalized spacial score (nSPS) is 24.5. The monoisotopic (exact) mass is 343 g/mol. The summed E-state index contributed by atoms with van der Waals surface area (Å²) in [5.74, 6) is -0.388. The van der Waals surface area contributed by atoms with Gasteiger partial charge in [0.05, 0.1) is 5.69 Å². The number of benzene rings is 1. The third kappa shape index (κ3) is 2.06. The third-order valence-corrected chi connectivity index (χ3v) is 5.89. The maximum Gasteiger partial charge on any atom is 0.255 e. The quantitative estimate of drug-likeness (QED) is 0.911. The minimum Gasteiger partial charge on any atom is -0.356 e. The van der Waals surface area contributed by atoms with Crippen molar-refractivity contribution in [3.63, 3.8) is 0 Å². The van der Waals surface area contributed by atoms with Gasteiger partial charge in [-0.3, -0.25) is 9.59 Å². The summed E-state index contributed by atoms with van der Waals surface area (Å²) in [5.41, 5.74) is 1.42. The number of nitrogens with zero attached hydrogens (tertiary/aromatic N) is 2. The Morgan fingerprint density at radius 2 is 2.12 bits per heavy atom. The highest BCUT2D eigenvalue weighted by Gasteiger charge is 2.54. The maximum absolute atomic E-state index is 13.7. The SMILES string of the molecule is CC[C@@H](C)N1CC(=O)N2CCc3c([nH]c4ccc(F)cc34)[C@]2(C)C1=O. The molecule has 2 aliphatic rings. The Labute approximate surface area is 145 Å². The van der Waals surface area contributed by atoms with Crippen LogP contribution in [0.3, 0.4) is 0 Å². The first kappa shape index (κ1) is 16.1. The molecule has 132 valence electrons. The molecule has 5 nitrogen and oxygen atoms in total. The number of aromatic nitrogens is 1. The van der Waals surface area contributed by atoms with Gasteiger partial charge in [-0.25, -0.2) is 4.39 Å². The number of halogens is 1. The number of piperazine rings is 1. The second-order valence-electron chi connectivity index (χ2n) is 7.23. The lowest BCUT2D eigenvalue weighted by atomic mass is 9.82. The lowest BCUT2D eigenvalue weighted by Gasteiger charge is -2.50. The lowest BCUT2D eigenvalue weighted by molar-refractivity contribution is -0.168. The average molecular weight is 343 g/mol. The predicted octanol–water partition coefficient (Wildman–Crippen LogP) is 2.55. The zero-order valence-electron chi connectivity index (χ0n) is 14.7. The van der Waals surface area contributed by atoms with Gasteiger partial charge in [-0.15, -0.1) is 0 Å².